The monoisotopic (exact) mass is 286 g/mol. The molecule has 0 aliphatic heterocycles. The van der Waals surface area contributed by atoms with Crippen LogP contribution in [-0.2, 0) is 0 Å². The zero-order chi connectivity index (χ0) is 14.7. The molecule has 1 N–H and O–H groups in total. The number of aryl methyl sites for hydroxylation is 2. The standard InChI is InChI=1S/C14H11ClN4O/c1-8-4-3-5-12(10(8)6-16)19-14-11(7-20)13(15)17-9(2)18-14/h3-5,7H,1-2H3,(H,17,18,19). The van der Waals surface area contributed by atoms with Crippen LogP contribution < -0.4 is 5.32 Å². The normalized spacial score (nSPS) is 9.90. The number of hydrogen-bond acceptors (Lipinski definition) is 5. The van der Waals surface area contributed by atoms with Crippen molar-refractivity contribution in [1.82, 2.24) is 9.97 Å². The van der Waals surface area contributed by atoms with E-state index in [1.807, 2.05) is 19.1 Å². The lowest BCUT2D eigenvalue weighted by Gasteiger charge is -2.11. The van der Waals surface area contributed by atoms with Gasteiger partial charge in [0.1, 0.15) is 22.9 Å². The summed E-state index contributed by atoms with van der Waals surface area (Å²) in [4.78, 5) is 19.2. The van der Waals surface area contributed by atoms with Gasteiger partial charge in [-0.1, -0.05) is 23.7 Å². The Bertz CT molecular complexity index is 722. The van der Waals surface area contributed by atoms with Crippen LogP contribution in [0.4, 0.5) is 11.5 Å². The summed E-state index contributed by atoms with van der Waals surface area (Å²) < 4.78 is 0. The zero-order valence-electron chi connectivity index (χ0n) is 10.9. The Morgan fingerprint density at radius 3 is 2.75 bits per heavy atom. The Balaban J connectivity index is 2.54. The van der Waals surface area contributed by atoms with Crippen LogP contribution >= 0.6 is 11.6 Å². The highest BCUT2D eigenvalue weighted by molar-refractivity contribution is 6.32. The van der Waals surface area contributed by atoms with Crippen LogP contribution in [0.15, 0.2) is 18.2 Å². The maximum atomic E-state index is 11.1. The molecule has 20 heavy (non-hydrogen) atoms. The minimum atomic E-state index is 0.0844. The molecule has 0 bridgehead atoms. The lowest BCUT2D eigenvalue weighted by Crippen LogP contribution is -2.04. The SMILES string of the molecule is Cc1nc(Cl)c(C=O)c(Nc2cccc(C)c2C#N)n1. The van der Waals surface area contributed by atoms with Crippen LogP contribution in [0.25, 0.3) is 0 Å². The second-order valence-electron chi connectivity index (χ2n) is 4.18. The Morgan fingerprint density at radius 2 is 2.10 bits per heavy atom. The molecule has 0 unspecified atom stereocenters. The number of hydrogen-bond donors (Lipinski definition) is 1. The fourth-order valence-corrected chi connectivity index (χ4v) is 2.05. The first-order valence-corrected chi connectivity index (χ1v) is 6.20. The molecule has 2 rings (SSSR count). The third-order valence-electron chi connectivity index (χ3n) is 2.77. The Kier molecular flexibility index (Phi) is 3.97. The van der Waals surface area contributed by atoms with E-state index in [9.17, 15) is 10.1 Å². The van der Waals surface area contributed by atoms with Crippen molar-refractivity contribution in [2.24, 2.45) is 0 Å². The van der Waals surface area contributed by atoms with Crippen LogP contribution in [0.3, 0.4) is 0 Å². The largest absolute Gasteiger partial charge is 0.338 e. The van der Waals surface area contributed by atoms with Gasteiger partial charge < -0.3 is 5.32 Å². The highest BCUT2D eigenvalue weighted by Gasteiger charge is 2.13. The average molecular weight is 287 g/mol. The van der Waals surface area contributed by atoms with Crippen molar-refractivity contribution in [3.8, 4) is 6.07 Å². The quantitative estimate of drug-likeness (QED) is 0.692. The first kappa shape index (κ1) is 14.0. The van der Waals surface area contributed by atoms with E-state index in [1.165, 1.54) is 0 Å². The van der Waals surface area contributed by atoms with Crippen LogP contribution in [0.1, 0.15) is 27.3 Å². The van der Waals surface area contributed by atoms with E-state index >= 15 is 0 Å². The summed E-state index contributed by atoms with van der Waals surface area (Å²) in [6.07, 6.45) is 0.589. The van der Waals surface area contributed by atoms with Gasteiger partial charge in [0, 0.05) is 0 Å². The second-order valence-corrected chi connectivity index (χ2v) is 4.53. The van der Waals surface area contributed by atoms with Crippen molar-refractivity contribution in [3.05, 3.63) is 45.9 Å². The fraction of sp³-hybridized carbons (Fsp3) is 0.143. The molecule has 0 saturated heterocycles. The summed E-state index contributed by atoms with van der Waals surface area (Å²) in [6.45, 7) is 3.51. The van der Waals surface area contributed by atoms with E-state index in [1.54, 1.807) is 13.0 Å². The number of aromatic nitrogens is 2. The maximum absolute atomic E-state index is 11.1. The molecule has 0 aliphatic carbocycles. The number of benzene rings is 1. The van der Waals surface area contributed by atoms with Crippen molar-refractivity contribution in [1.29, 1.82) is 5.26 Å². The van der Waals surface area contributed by atoms with E-state index in [2.05, 4.69) is 21.4 Å². The van der Waals surface area contributed by atoms with E-state index < -0.39 is 0 Å². The molecular formula is C14H11ClN4O. The van der Waals surface area contributed by atoms with Crippen molar-refractivity contribution in [2.75, 3.05) is 5.32 Å². The molecule has 0 atom stereocenters. The number of nitrogens with zero attached hydrogens (tertiary/aromatic N) is 3. The second kappa shape index (κ2) is 5.68. The van der Waals surface area contributed by atoms with E-state index in [-0.39, 0.29) is 10.7 Å². The predicted octanol–water partition coefficient (Wildman–Crippen LogP) is 3.17. The molecule has 1 heterocycles. The molecule has 6 heteroatoms. The van der Waals surface area contributed by atoms with Crippen molar-refractivity contribution < 1.29 is 4.79 Å². The van der Waals surface area contributed by atoms with Crippen LogP contribution in [-0.4, -0.2) is 16.3 Å². The van der Waals surface area contributed by atoms with Gasteiger partial charge >= 0.3 is 0 Å². The molecule has 0 radical (unpaired) electrons. The molecule has 0 fully saturated rings. The molecule has 0 aliphatic rings. The van der Waals surface area contributed by atoms with Crippen LogP contribution in [0.5, 0.6) is 0 Å². The number of carbonyl (C=O) groups excluding carboxylic acids is 1. The minimum Gasteiger partial charge on any atom is -0.338 e. The Labute approximate surface area is 121 Å². The van der Waals surface area contributed by atoms with Gasteiger partial charge in [0.15, 0.2) is 6.29 Å². The van der Waals surface area contributed by atoms with Crippen LogP contribution in [0, 0.1) is 25.2 Å². The third-order valence-corrected chi connectivity index (χ3v) is 3.05. The van der Waals surface area contributed by atoms with Gasteiger partial charge in [-0.15, -0.1) is 0 Å². The van der Waals surface area contributed by atoms with Crippen molar-refractivity contribution in [2.45, 2.75) is 13.8 Å². The Hall–Kier alpha value is -2.45. The highest BCUT2D eigenvalue weighted by atomic mass is 35.5. The van der Waals surface area contributed by atoms with Crippen molar-refractivity contribution in [3.63, 3.8) is 0 Å². The Morgan fingerprint density at radius 1 is 1.35 bits per heavy atom. The molecule has 0 amide bonds. The van der Waals surface area contributed by atoms with E-state index in [4.69, 9.17) is 11.6 Å². The summed E-state index contributed by atoms with van der Waals surface area (Å²) >= 11 is 5.92. The molecule has 100 valence electrons. The topological polar surface area (TPSA) is 78.7 Å². The summed E-state index contributed by atoms with van der Waals surface area (Å²) in [7, 11) is 0. The summed E-state index contributed by atoms with van der Waals surface area (Å²) in [5.74, 6) is 0.730. The lowest BCUT2D eigenvalue weighted by molar-refractivity contribution is 0.112. The predicted molar refractivity (Wildman–Crippen MR) is 76.3 cm³/mol. The van der Waals surface area contributed by atoms with Gasteiger partial charge in [-0.2, -0.15) is 5.26 Å². The highest BCUT2D eigenvalue weighted by Crippen LogP contribution is 2.26. The fourth-order valence-electron chi connectivity index (χ4n) is 1.79. The number of nitriles is 1. The smallest absolute Gasteiger partial charge is 0.156 e. The summed E-state index contributed by atoms with van der Waals surface area (Å²) in [5, 5.41) is 12.3. The summed E-state index contributed by atoms with van der Waals surface area (Å²) in [5.41, 5.74) is 2.08. The lowest BCUT2D eigenvalue weighted by atomic mass is 10.1. The number of nitrogens with one attached hydrogen (secondary N) is 1. The molecule has 1 aromatic carbocycles. The number of rotatable bonds is 3. The van der Waals surface area contributed by atoms with Gasteiger partial charge in [-0.05, 0) is 25.5 Å². The van der Waals surface area contributed by atoms with E-state index in [0.29, 0.717) is 29.2 Å². The number of carbonyl (C=O) groups is 1. The number of halogens is 1. The average Bonchev–Trinajstić information content (AvgIpc) is 2.38. The molecule has 5 nitrogen and oxygen atoms in total. The molecule has 2 aromatic rings. The summed E-state index contributed by atoms with van der Waals surface area (Å²) in [6, 6.07) is 7.52. The first-order chi connectivity index (χ1) is 9.56. The molecular weight excluding hydrogens is 276 g/mol. The van der Waals surface area contributed by atoms with Gasteiger partial charge in [-0.3, -0.25) is 4.79 Å². The maximum Gasteiger partial charge on any atom is 0.156 e. The number of anilines is 2. The minimum absolute atomic E-state index is 0.0844. The van der Waals surface area contributed by atoms with Crippen LogP contribution in [0.2, 0.25) is 5.15 Å². The van der Waals surface area contributed by atoms with Crippen molar-refractivity contribution >= 4 is 29.4 Å². The van der Waals surface area contributed by atoms with Gasteiger partial charge in [0.25, 0.3) is 0 Å². The molecule has 1 aromatic heterocycles. The first-order valence-electron chi connectivity index (χ1n) is 5.83. The van der Waals surface area contributed by atoms with Gasteiger partial charge in [0.2, 0.25) is 0 Å². The molecule has 0 saturated carbocycles. The zero-order valence-corrected chi connectivity index (χ0v) is 11.7. The third kappa shape index (κ3) is 2.60. The van der Waals surface area contributed by atoms with E-state index in [0.717, 1.165) is 5.56 Å². The van der Waals surface area contributed by atoms with Gasteiger partial charge in [0.05, 0.1) is 16.8 Å². The number of aldehydes is 1. The van der Waals surface area contributed by atoms with Gasteiger partial charge in [-0.25, -0.2) is 9.97 Å². The molecule has 0 spiro atoms.